The van der Waals surface area contributed by atoms with Gasteiger partial charge in [0.05, 0.1) is 30.9 Å². The highest BCUT2D eigenvalue weighted by atomic mass is 31.2. The van der Waals surface area contributed by atoms with Gasteiger partial charge in [0.2, 0.25) is 12.7 Å². The van der Waals surface area contributed by atoms with Crippen molar-refractivity contribution in [1.29, 1.82) is 0 Å². The number of esters is 1. The Morgan fingerprint density at radius 3 is 2.10 bits per heavy atom. The molecule has 0 saturated carbocycles. The number of benzene rings is 4. The molecule has 17 heteroatoms. The summed E-state index contributed by atoms with van der Waals surface area (Å²) >= 11 is 0. The van der Waals surface area contributed by atoms with Crippen LogP contribution in [0.25, 0.3) is 5.52 Å². The van der Waals surface area contributed by atoms with Crippen LogP contribution < -0.4 is 20.5 Å². The molecule has 3 amide bonds. The van der Waals surface area contributed by atoms with Crippen LogP contribution in [-0.4, -0.2) is 51.8 Å². The second kappa shape index (κ2) is 19.7. The third-order valence-electron chi connectivity index (χ3n) is 9.07. The van der Waals surface area contributed by atoms with E-state index in [2.05, 4.69) is 15.4 Å². The van der Waals surface area contributed by atoms with Crippen LogP contribution in [0, 0.1) is 13.8 Å². The zero-order chi connectivity index (χ0) is 42.6. The van der Waals surface area contributed by atoms with Crippen LogP contribution in [0.4, 0.5) is 16.3 Å². The first kappa shape index (κ1) is 42.7. The van der Waals surface area contributed by atoms with Gasteiger partial charge in [0.15, 0.2) is 5.82 Å². The number of phosphoric ester groups is 1. The Balaban J connectivity index is 1.14. The van der Waals surface area contributed by atoms with E-state index in [9.17, 15) is 23.7 Å². The van der Waals surface area contributed by atoms with Crippen molar-refractivity contribution in [2.24, 2.45) is 5.73 Å². The van der Waals surface area contributed by atoms with Gasteiger partial charge in [-0.25, -0.2) is 23.8 Å². The number of phosphoric acid groups is 1. The van der Waals surface area contributed by atoms with Crippen LogP contribution in [0.2, 0.25) is 0 Å². The van der Waals surface area contributed by atoms with Crippen molar-refractivity contribution in [3.63, 3.8) is 0 Å². The molecule has 60 heavy (non-hydrogen) atoms. The molecule has 2 aromatic heterocycles. The number of hydrogen-bond donors (Lipinski definition) is 2. The summed E-state index contributed by atoms with van der Waals surface area (Å²) in [6.07, 6.45) is 2.22. The molecule has 0 spiro atoms. The first-order valence-corrected chi connectivity index (χ1v) is 20.3. The molecule has 0 aliphatic rings. The van der Waals surface area contributed by atoms with E-state index in [1.165, 1.54) is 41.3 Å². The molecule has 310 valence electrons. The van der Waals surface area contributed by atoms with Crippen LogP contribution >= 0.6 is 7.82 Å². The summed E-state index contributed by atoms with van der Waals surface area (Å²) in [5.41, 5.74) is 9.59. The van der Waals surface area contributed by atoms with Gasteiger partial charge in [-0.1, -0.05) is 85.8 Å². The van der Waals surface area contributed by atoms with Crippen molar-refractivity contribution < 1.29 is 46.8 Å². The minimum atomic E-state index is -4.12. The topological polar surface area (TPSA) is 203 Å². The summed E-state index contributed by atoms with van der Waals surface area (Å²) in [6.45, 7) is 4.96. The van der Waals surface area contributed by atoms with Gasteiger partial charge >= 0.3 is 19.9 Å². The SMILES string of the molecule is CCCNC(=O)c1cn2ncnc(N(C(=O)OCOC(=O)Cc3ccc(OP(=O)(OCc4ccccc4)OCc4ccccc4)cc3)c3cc(C(N)=O)ccc3C)c2c1C. The Bertz CT molecular complexity index is 2470. The minimum Gasteiger partial charge on any atom is -0.428 e. The van der Waals surface area contributed by atoms with E-state index in [0.717, 1.165) is 22.4 Å². The number of anilines is 2. The van der Waals surface area contributed by atoms with Gasteiger partial charge in [-0.2, -0.15) is 5.10 Å². The van der Waals surface area contributed by atoms with Crippen molar-refractivity contribution in [1.82, 2.24) is 19.9 Å². The second-order valence-corrected chi connectivity index (χ2v) is 15.0. The molecule has 0 radical (unpaired) electrons. The number of fused-ring (bicyclic) bond motifs is 1. The normalized spacial score (nSPS) is 11.2. The molecule has 0 unspecified atom stereocenters. The summed E-state index contributed by atoms with van der Waals surface area (Å²) in [6, 6.07) is 29.1. The van der Waals surface area contributed by atoms with Gasteiger partial charge < -0.3 is 25.0 Å². The van der Waals surface area contributed by atoms with Crippen molar-refractivity contribution in [2.75, 3.05) is 18.2 Å². The predicted molar refractivity (Wildman–Crippen MR) is 220 cm³/mol. The average Bonchev–Trinajstić information content (AvgIpc) is 3.60. The van der Waals surface area contributed by atoms with Gasteiger partial charge in [0.1, 0.15) is 17.6 Å². The molecule has 16 nitrogen and oxygen atoms in total. The molecule has 3 N–H and O–H groups in total. The number of carbonyl (C=O) groups excluding carboxylic acids is 4. The highest BCUT2D eigenvalue weighted by Crippen LogP contribution is 2.51. The van der Waals surface area contributed by atoms with E-state index in [-0.39, 0.29) is 48.4 Å². The third-order valence-corrected chi connectivity index (χ3v) is 10.4. The highest BCUT2D eigenvalue weighted by molar-refractivity contribution is 7.48. The van der Waals surface area contributed by atoms with Gasteiger partial charge in [-0.05, 0) is 72.4 Å². The molecular weight excluding hydrogens is 791 g/mol. The Morgan fingerprint density at radius 2 is 1.48 bits per heavy atom. The van der Waals surface area contributed by atoms with Crippen LogP contribution in [0.1, 0.15) is 61.9 Å². The zero-order valence-corrected chi connectivity index (χ0v) is 34.0. The molecule has 0 fully saturated rings. The Hall–Kier alpha value is -6.87. The number of nitrogens with one attached hydrogen (secondary N) is 1. The number of hydrogen-bond acceptors (Lipinski definition) is 12. The van der Waals surface area contributed by atoms with Crippen LogP contribution in [0.15, 0.2) is 116 Å². The van der Waals surface area contributed by atoms with E-state index in [0.29, 0.717) is 34.3 Å². The fourth-order valence-electron chi connectivity index (χ4n) is 5.94. The van der Waals surface area contributed by atoms with Crippen molar-refractivity contribution in [3.05, 3.63) is 155 Å². The Morgan fingerprint density at radius 1 is 0.833 bits per heavy atom. The molecule has 0 bridgehead atoms. The predicted octanol–water partition coefficient (Wildman–Crippen LogP) is 7.52. The maximum Gasteiger partial charge on any atom is 0.530 e. The number of ether oxygens (including phenoxy) is 2. The minimum absolute atomic E-state index is 0.0210. The lowest BCUT2D eigenvalue weighted by Crippen LogP contribution is -2.30. The molecule has 0 aliphatic carbocycles. The lowest BCUT2D eigenvalue weighted by Gasteiger charge is -2.24. The molecule has 0 atom stereocenters. The number of carbonyl (C=O) groups is 4. The van der Waals surface area contributed by atoms with Crippen molar-refractivity contribution >= 4 is 48.7 Å². The van der Waals surface area contributed by atoms with Crippen LogP contribution in [0.5, 0.6) is 5.75 Å². The standard InChI is InChI=1S/C43H43N6O10P/c1-4-21-45-42(52)36-24-48-39(30(36)3)41(46-27-47-48)49(37-23-34(40(44)51)18-15-29(37)2)43(53)56-28-55-38(50)22-31-16-19-35(20-17-31)59-60(54,57-25-32-11-7-5-8-12-32)58-26-33-13-9-6-10-14-33/h5-20,23-24,27H,4,21-22,25-26,28H2,1-3H3,(H2,44,51)(H,45,52). The summed E-state index contributed by atoms with van der Waals surface area (Å²) in [4.78, 5) is 57.5. The molecule has 6 aromatic rings. The lowest BCUT2D eigenvalue weighted by molar-refractivity contribution is -0.150. The maximum atomic E-state index is 14.0. The van der Waals surface area contributed by atoms with Crippen molar-refractivity contribution in [2.45, 2.75) is 46.8 Å². The second-order valence-electron chi connectivity index (χ2n) is 13.4. The van der Waals surface area contributed by atoms with Gasteiger partial charge in [-0.3, -0.25) is 23.4 Å². The first-order valence-electron chi connectivity index (χ1n) is 18.8. The lowest BCUT2D eigenvalue weighted by atomic mass is 10.1. The van der Waals surface area contributed by atoms with E-state index in [1.54, 1.807) is 32.0 Å². The van der Waals surface area contributed by atoms with Gasteiger partial charge in [0.25, 0.3) is 5.91 Å². The van der Waals surface area contributed by atoms with Gasteiger partial charge in [-0.15, -0.1) is 0 Å². The van der Waals surface area contributed by atoms with Crippen LogP contribution in [0.3, 0.4) is 0 Å². The number of primary amides is 1. The number of nitrogens with two attached hydrogens (primary N) is 1. The number of nitrogens with zero attached hydrogens (tertiary/aromatic N) is 4. The van der Waals surface area contributed by atoms with Gasteiger partial charge in [0, 0.05) is 18.3 Å². The molecule has 4 aromatic carbocycles. The third kappa shape index (κ3) is 10.8. The Kier molecular flexibility index (Phi) is 14.0. The van der Waals surface area contributed by atoms with E-state index in [1.807, 2.05) is 67.6 Å². The largest absolute Gasteiger partial charge is 0.530 e. The molecule has 6 rings (SSSR count). The Labute approximate surface area is 345 Å². The maximum absolute atomic E-state index is 14.0. The molecule has 0 saturated heterocycles. The van der Waals surface area contributed by atoms with Crippen LogP contribution in [-0.2, 0) is 47.5 Å². The highest BCUT2D eigenvalue weighted by Gasteiger charge is 2.31. The quantitative estimate of drug-likeness (QED) is 0.0490. The van der Waals surface area contributed by atoms with E-state index in [4.69, 9.17) is 28.8 Å². The average molecular weight is 835 g/mol. The number of amides is 3. The first-order chi connectivity index (χ1) is 28.9. The number of aromatic nitrogens is 3. The fourth-order valence-corrected chi connectivity index (χ4v) is 7.12. The summed E-state index contributed by atoms with van der Waals surface area (Å²) in [5.74, 6) is -1.59. The summed E-state index contributed by atoms with van der Waals surface area (Å²) in [5, 5.41) is 7.08. The summed E-state index contributed by atoms with van der Waals surface area (Å²) in [7, 11) is -4.12. The fraction of sp³-hybridized carbons (Fsp3) is 0.209. The van der Waals surface area contributed by atoms with Crippen molar-refractivity contribution in [3.8, 4) is 5.75 Å². The summed E-state index contributed by atoms with van der Waals surface area (Å²) < 4.78 is 43.1. The smallest absolute Gasteiger partial charge is 0.428 e. The number of aryl methyl sites for hydroxylation is 2. The molecule has 0 aliphatic heterocycles. The van der Waals surface area contributed by atoms with E-state index < -0.39 is 32.6 Å². The molecule has 2 heterocycles. The monoisotopic (exact) mass is 834 g/mol. The number of rotatable bonds is 18. The zero-order valence-electron chi connectivity index (χ0n) is 33.1. The van der Waals surface area contributed by atoms with E-state index >= 15 is 0 Å². The molecular formula is C43H43N6O10P.